The fourth-order valence-electron chi connectivity index (χ4n) is 4.04. The lowest BCUT2D eigenvalue weighted by atomic mass is 9.91. The molecule has 2 heterocycles. The molecule has 2 unspecified atom stereocenters. The molecule has 3 aromatic rings. The van der Waals surface area contributed by atoms with Gasteiger partial charge in [-0.25, -0.2) is 9.37 Å². The fourth-order valence-corrected chi connectivity index (χ4v) is 4.04. The molecule has 0 amide bonds. The van der Waals surface area contributed by atoms with Gasteiger partial charge in [0.05, 0.1) is 11.2 Å². The lowest BCUT2D eigenvalue weighted by Gasteiger charge is -2.29. The monoisotopic (exact) mass is 367 g/mol. The zero-order valence-corrected chi connectivity index (χ0v) is 15.4. The van der Waals surface area contributed by atoms with Crippen molar-refractivity contribution in [3.05, 3.63) is 59.4 Å². The number of aromatic amines is 1. The van der Waals surface area contributed by atoms with Crippen LogP contribution in [-0.2, 0) is 12.8 Å². The van der Waals surface area contributed by atoms with Crippen molar-refractivity contribution in [3.8, 4) is 0 Å². The molecule has 4 N–H and O–H groups in total. The maximum Gasteiger partial charge on any atom is 0.151 e. The number of hydrogen-bond acceptors (Lipinski definition) is 4. The summed E-state index contributed by atoms with van der Waals surface area (Å²) in [7, 11) is 0. The van der Waals surface area contributed by atoms with E-state index in [1.807, 2.05) is 18.3 Å². The molecule has 2 aromatic heterocycles. The predicted octanol–water partition coefficient (Wildman–Crippen LogP) is 3.41. The molecular formula is C21H26FN5. The summed E-state index contributed by atoms with van der Waals surface area (Å²) < 4.78 is 14.0. The number of pyridine rings is 1. The third-order valence-electron chi connectivity index (χ3n) is 5.34. The average Bonchev–Trinajstić information content (AvgIpc) is 3.10. The van der Waals surface area contributed by atoms with Crippen LogP contribution in [0.15, 0.2) is 36.5 Å². The highest BCUT2D eigenvalue weighted by atomic mass is 19.1. The summed E-state index contributed by atoms with van der Waals surface area (Å²) in [5, 5.41) is 3.78. The Kier molecular flexibility index (Phi) is 5.45. The Balaban J connectivity index is 1.53. The molecule has 0 aliphatic heterocycles. The van der Waals surface area contributed by atoms with Gasteiger partial charge in [-0.3, -0.25) is 4.98 Å². The molecule has 0 fully saturated rings. The van der Waals surface area contributed by atoms with Crippen LogP contribution in [0.25, 0.3) is 11.0 Å². The van der Waals surface area contributed by atoms with Gasteiger partial charge in [0.2, 0.25) is 0 Å². The number of hydrogen-bond donors (Lipinski definition) is 3. The number of fused-ring (bicyclic) bond motifs is 2. The molecule has 0 saturated heterocycles. The van der Waals surface area contributed by atoms with Gasteiger partial charge in [-0.2, -0.15) is 0 Å². The number of nitrogens with two attached hydrogens (primary N) is 1. The van der Waals surface area contributed by atoms with Crippen LogP contribution in [0.1, 0.15) is 48.8 Å². The summed E-state index contributed by atoms with van der Waals surface area (Å²) in [4.78, 5) is 12.4. The van der Waals surface area contributed by atoms with Crippen molar-refractivity contribution in [1.82, 2.24) is 20.3 Å². The van der Waals surface area contributed by atoms with Crippen LogP contribution < -0.4 is 11.1 Å². The van der Waals surface area contributed by atoms with E-state index in [-0.39, 0.29) is 17.9 Å². The minimum absolute atomic E-state index is 0.218. The highest BCUT2D eigenvalue weighted by Gasteiger charge is 2.24. The lowest BCUT2D eigenvalue weighted by Crippen LogP contribution is -2.37. The Hall–Kier alpha value is -2.31. The molecule has 2 atom stereocenters. The smallest absolute Gasteiger partial charge is 0.151 e. The molecule has 27 heavy (non-hydrogen) atoms. The lowest BCUT2D eigenvalue weighted by molar-refractivity contribution is 0.363. The van der Waals surface area contributed by atoms with Crippen LogP contribution in [-0.4, -0.2) is 27.5 Å². The van der Waals surface area contributed by atoms with Crippen molar-refractivity contribution < 1.29 is 4.39 Å². The van der Waals surface area contributed by atoms with E-state index in [9.17, 15) is 4.39 Å². The molecule has 1 aliphatic rings. The summed E-state index contributed by atoms with van der Waals surface area (Å²) >= 11 is 0. The van der Waals surface area contributed by atoms with Gasteiger partial charge in [-0.1, -0.05) is 12.1 Å². The second kappa shape index (κ2) is 8.15. The van der Waals surface area contributed by atoms with Crippen LogP contribution in [0, 0.1) is 5.82 Å². The van der Waals surface area contributed by atoms with E-state index in [0.717, 1.165) is 49.1 Å². The second-order valence-corrected chi connectivity index (χ2v) is 7.31. The third kappa shape index (κ3) is 4.01. The summed E-state index contributed by atoms with van der Waals surface area (Å²) in [6.07, 6.45) is 7.82. The Morgan fingerprint density at radius 3 is 3.07 bits per heavy atom. The molecule has 4 rings (SSSR count). The minimum atomic E-state index is -0.285. The first-order valence-electron chi connectivity index (χ1n) is 9.77. The second-order valence-electron chi connectivity index (χ2n) is 7.31. The number of H-pyrrole nitrogens is 1. The van der Waals surface area contributed by atoms with Gasteiger partial charge in [0.15, 0.2) is 5.82 Å². The number of nitrogens with zero attached hydrogens (tertiary/aromatic N) is 2. The van der Waals surface area contributed by atoms with Crippen LogP contribution >= 0.6 is 0 Å². The van der Waals surface area contributed by atoms with E-state index >= 15 is 0 Å². The molecule has 0 saturated carbocycles. The topological polar surface area (TPSA) is 79.6 Å². The first kappa shape index (κ1) is 18.1. The molecular weight excluding hydrogens is 341 g/mol. The van der Waals surface area contributed by atoms with Crippen molar-refractivity contribution >= 4 is 11.0 Å². The predicted molar refractivity (Wildman–Crippen MR) is 105 cm³/mol. The van der Waals surface area contributed by atoms with Gasteiger partial charge in [0.1, 0.15) is 11.3 Å². The van der Waals surface area contributed by atoms with Crippen LogP contribution in [0.5, 0.6) is 0 Å². The Morgan fingerprint density at radius 2 is 2.22 bits per heavy atom. The first-order chi connectivity index (χ1) is 13.2. The molecule has 0 radical (unpaired) electrons. The molecule has 1 aliphatic carbocycles. The third-order valence-corrected chi connectivity index (χ3v) is 5.34. The van der Waals surface area contributed by atoms with Crippen molar-refractivity contribution in [2.75, 3.05) is 6.54 Å². The van der Waals surface area contributed by atoms with E-state index in [2.05, 4.69) is 26.3 Å². The molecule has 0 bridgehead atoms. The van der Waals surface area contributed by atoms with Crippen LogP contribution in [0.3, 0.4) is 0 Å². The van der Waals surface area contributed by atoms with Gasteiger partial charge in [-0.15, -0.1) is 0 Å². The number of aryl methyl sites for hydroxylation is 1. The number of para-hydroxylation sites is 1. The quantitative estimate of drug-likeness (QED) is 0.598. The van der Waals surface area contributed by atoms with Gasteiger partial charge >= 0.3 is 0 Å². The van der Waals surface area contributed by atoms with E-state index in [4.69, 9.17) is 5.73 Å². The van der Waals surface area contributed by atoms with Gasteiger partial charge < -0.3 is 16.0 Å². The van der Waals surface area contributed by atoms with Crippen molar-refractivity contribution in [1.29, 1.82) is 0 Å². The maximum atomic E-state index is 14.0. The molecule has 6 heteroatoms. The Bertz CT molecular complexity index is 906. The summed E-state index contributed by atoms with van der Waals surface area (Å²) in [6.45, 7) is 0.659. The van der Waals surface area contributed by atoms with Crippen molar-refractivity contribution in [3.63, 3.8) is 0 Å². The number of benzene rings is 1. The standard InChI is InChI=1S/C21H26FN5/c22-16-8-2-10-18-21(16)27-19(26-18)13-15(7-3-11-23)25-17-9-1-5-14-6-4-12-24-20(14)17/h2,4,6,8,10,12,15,17,25H,1,3,5,7,9,11,13,23H2,(H,26,27). The highest BCUT2D eigenvalue weighted by Crippen LogP contribution is 2.29. The van der Waals surface area contributed by atoms with E-state index < -0.39 is 0 Å². The van der Waals surface area contributed by atoms with E-state index in [1.165, 1.54) is 11.6 Å². The van der Waals surface area contributed by atoms with E-state index in [1.54, 1.807) is 6.07 Å². The Labute approximate surface area is 158 Å². The molecule has 1 aromatic carbocycles. The summed E-state index contributed by atoms with van der Waals surface area (Å²) in [6, 6.07) is 9.66. The van der Waals surface area contributed by atoms with Crippen molar-refractivity contribution in [2.45, 2.75) is 50.6 Å². The number of nitrogens with one attached hydrogen (secondary N) is 2. The zero-order valence-electron chi connectivity index (χ0n) is 15.4. The van der Waals surface area contributed by atoms with Crippen molar-refractivity contribution in [2.24, 2.45) is 5.73 Å². The SMILES string of the molecule is NCCCC(Cc1nc2c(F)cccc2[nH]1)NC1CCCc2cccnc21. The summed E-state index contributed by atoms with van der Waals surface area (Å²) in [5.74, 6) is 0.522. The minimum Gasteiger partial charge on any atom is -0.342 e. The largest absolute Gasteiger partial charge is 0.342 e. The van der Waals surface area contributed by atoms with Gasteiger partial charge in [0.25, 0.3) is 0 Å². The number of rotatable bonds is 7. The number of halogens is 1. The number of imidazole rings is 1. The normalized spacial score (nSPS) is 17.8. The highest BCUT2D eigenvalue weighted by molar-refractivity contribution is 5.75. The fraction of sp³-hybridized carbons (Fsp3) is 0.429. The summed E-state index contributed by atoms with van der Waals surface area (Å²) in [5.41, 5.74) is 9.40. The van der Waals surface area contributed by atoms with Gasteiger partial charge in [0, 0.05) is 24.7 Å². The molecule has 0 spiro atoms. The van der Waals surface area contributed by atoms with E-state index in [0.29, 0.717) is 18.5 Å². The van der Waals surface area contributed by atoms with Crippen LogP contribution in [0.4, 0.5) is 4.39 Å². The zero-order chi connectivity index (χ0) is 18.6. The maximum absolute atomic E-state index is 14.0. The average molecular weight is 367 g/mol. The number of aromatic nitrogens is 3. The molecule has 5 nitrogen and oxygen atoms in total. The first-order valence-corrected chi connectivity index (χ1v) is 9.77. The van der Waals surface area contributed by atoms with Gasteiger partial charge in [-0.05, 0) is 62.4 Å². The van der Waals surface area contributed by atoms with Crippen LogP contribution in [0.2, 0.25) is 0 Å². The molecule has 142 valence electrons. The Morgan fingerprint density at radius 1 is 1.30 bits per heavy atom.